The Balaban J connectivity index is 2.00. The van der Waals surface area contributed by atoms with Crippen LogP contribution in [0.15, 0.2) is 24.5 Å². The lowest BCUT2D eigenvalue weighted by Gasteiger charge is -2.28. The van der Waals surface area contributed by atoms with E-state index in [0.29, 0.717) is 6.04 Å². The standard InChI is InChI=1S/C16H26N2/c1-3-9-18-16(15-8-4-6-13(15)2)11-14-7-5-10-17-12-14/h5,7,10,12-13,15-16,18H,3-4,6,8-9,11H2,1-2H3. The lowest BCUT2D eigenvalue weighted by Crippen LogP contribution is -2.39. The number of hydrogen-bond acceptors (Lipinski definition) is 2. The molecular formula is C16H26N2. The van der Waals surface area contributed by atoms with Crippen molar-refractivity contribution in [3.05, 3.63) is 30.1 Å². The highest BCUT2D eigenvalue weighted by Crippen LogP contribution is 2.34. The highest BCUT2D eigenvalue weighted by molar-refractivity contribution is 5.11. The number of rotatable bonds is 6. The first-order chi connectivity index (χ1) is 8.81. The summed E-state index contributed by atoms with van der Waals surface area (Å²) in [5.74, 6) is 1.72. The van der Waals surface area contributed by atoms with E-state index >= 15 is 0 Å². The maximum Gasteiger partial charge on any atom is 0.0300 e. The minimum absolute atomic E-state index is 0.631. The van der Waals surface area contributed by atoms with E-state index in [2.05, 4.69) is 30.2 Å². The van der Waals surface area contributed by atoms with E-state index in [9.17, 15) is 0 Å². The molecule has 0 bridgehead atoms. The van der Waals surface area contributed by atoms with Gasteiger partial charge in [-0.2, -0.15) is 0 Å². The van der Waals surface area contributed by atoms with Crippen molar-refractivity contribution in [2.24, 2.45) is 11.8 Å². The summed E-state index contributed by atoms with van der Waals surface area (Å²) in [4.78, 5) is 4.24. The zero-order valence-corrected chi connectivity index (χ0v) is 11.7. The van der Waals surface area contributed by atoms with E-state index < -0.39 is 0 Å². The number of hydrogen-bond donors (Lipinski definition) is 1. The van der Waals surface area contributed by atoms with Gasteiger partial charge in [-0.25, -0.2) is 0 Å². The Morgan fingerprint density at radius 3 is 2.94 bits per heavy atom. The van der Waals surface area contributed by atoms with Gasteiger partial charge < -0.3 is 5.32 Å². The summed E-state index contributed by atoms with van der Waals surface area (Å²) in [5, 5.41) is 3.76. The van der Waals surface area contributed by atoms with Crippen molar-refractivity contribution in [2.75, 3.05) is 6.54 Å². The van der Waals surface area contributed by atoms with Crippen molar-refractivity contribution < 1.29 is 0 Å². The Morgan fingerprint density at radius 1 is 1.44 bits per heavy atom. The second kappa shape index (κ2) is 6.89. The summed E-state index contributed by atoms with van der Waals surface area (Å²) in [5.41, 5.74) is 1.37. The summed E-state index contributed by atoms with van der Waals surface area (Å²) in [6.45, 7) is 5.79. The van der Waals surface area contributed by atoms with Crippen LogP contribution in [0, 0.1) is 11.8 Å². The minimum atomic E-state index is 0.631. The van der Waals surface area contributed by atoms with Crippen LogP contribution in [0.4, 0.5) is 0 Å². The van der Waals surface area contributed by atoms with Gasteiger partial charge in [-0.3, -0.25) is 4.98 Å². The molecule has 0 saturated heterocycles. The van der Waals surface area contributed by atoms with Crippen LogP contribution in [0.3, 0.4) is 0 Å². The molecule has 0 radical (unpaired) electrons. The highest BCUT2D eigenvalue weighted by Gasteiger charge is 2.30. The van der Waals surface area contributed by atoms with Crippen LogP contribution in [-0.4, -0.2) is 17.6 Å². The Morgan fingerprint density at radius 2 is 2.33 bits per heavy atom. The fourth-order valence-corrected chi connectivity index (χ4v) is 3.25. The summed E-state index contributed by atoms with van der Waals surface area (Å²) in [6, 6.07) is 4.88. The van der Waals surface area contributed by atoms with Gasteiger partial charge in [0.25, 0.3) is 0 Å². The fourth-order valence-electron chi connectivity index (χ4n) is 3.25. The lowest BCUT2D eigenvalue weighted by atomic mass is 9.86. The lowest BCUT2D eigenvalue weighted by molar-refractivity contribution is 0.295. The molecule has 100 valence electrons. The van der Waals surface area contributed by atoms with Crippen molar-refractivity contribution >= 4 is 0 Å². The van der Waals surface area contributed by atoms with Crippen LogP contribution in [-0.2, 0) is 6.42 Å². The average Bonchev–Trinajstić information content (AvgIpc) is 2.82. The fraction of sp³-hybridized carbons (Fsp3) is 0.688. The van der Waals surface area contributed by atoms with Gasteiger partial charge in [0.15, 0.2) is 0 Å². The van der Waals surface area contributed by atoms with Crippen molar-refractivity contribution in [3.8, 4) is 0 Å². The molecule has 2 heteroatoms. The number of nitrogens with one attached hydrogen (secondary N) is 1. The van der Waals surface area contributed by atoms with Gasteiger partial charge in [-0.05, 0) is 49.3 Å². The van der Waals surface area contributed by atoms with Crippen molar-refractivity contribution in [1.29, 1.82) is 0 Å². The first kappa shape index (κ1) is 13.5. The third-order valence-corrected chi connectivity index (χ3v) is 4.28. The quantitative estimate of drug-likeness (QED) is 0.832. The molecule has 1 saturated carbocycles. The molecule has 1 heterocycles. The van der Waals surface area contributed by atoms with Crippen LogP contribution in [0.1, 0.15) is 45.1 Å². The predicted octanol–water partition coefficient (Wildman–Crippen LogP) is 3.43. The zero-order valence-electron chi connectivity index (χ0n) is 11.7. The van der Waals surface area contributed by atoms with E-state index in [-0.39, 0.29) is 0 Å². The molecule has 0 aromatic carbocycles. The maximum atomic E-state index is 4.24. The second-order valence-corrected chi connectivity index (χ2v) is 5.70. The Bertz CT molecular complexity index is 336. The molecule has 3 unspecified atom stereocenters. The van der Waals surface area contributed by atoms with Crippen LogP contribution < -0.4 is 5.32 Å². The van der Waals surface area contributed by atoms with Crippen molar-refractivity contribution in [2.45, 2.75) is 52.0 Å². The van der Waals surface area contributed by atoms with Gasteiger partial charge in [-0.15, -0.1) is 0 Å². The average molecular weight is 246 g/mol. The molecule has 1 aliphatic rings. The SMILES string of the molecule is CCCNC(Cc1cccnc1)C1CCCC1C. The van der Waals surface area contributed by atoms with E-state index in [1.165, 1.54) is 31.2 Å². The largest absolute Gasteiger partial charge is 0.313 e. The molecule has 0 aliphatic heterocycles. The molecule has 1 aliphatic carbocycles. The first-order valence-electron chi connectivity index (χ1n) is 7.43. The molecule has 1 aromatic rings. The van der Waals surface area contributed by atoms with Gasteiger partial charge in [0.05, 0.1) is 0 Å². The molecular weight excluding hydrogens is 220 g/mol. The summed E-state index contributed by atoms with van der Waals surface area (Å²) >= 11 is 0. The number of aromatic nitrogens is 1. The molecule has 2 nitrogen and oxygen atoms in total. The molecule has 18 heavy (non-hydrogen) atoms. The number of pyridine rings is 1. The Kier molecular flexibility index (Phi) is 5.18. The maximum absolute atomic E-state index is 4.24. The smallest absolute Gasteiger partial charge is 0.0300 e. The highest BCUT2D eigenvalue weighted by atomic mass is 14.9. The third kappa shape index (κ3) is 3.55. The monoisotopic (exact) mass is 246 g/mol. The van der Waals surface area contributed by atoms with Crippen LogP contribution in [0.2, 0.25) is 0 Å². The number of nitrogens with zero attached hydrogens (tertiary/aromatic N) is 1. The summed E-state index contributed by atoms with van der Waals surface area (Å²) in [6.07, 6.45) is 10.4. The predicted molar refractivity (Wildman–Crippen MR) is 76.5 cm³/mol. The van der Waals surface area contributed by atoms with E-state index in [0.717, 1.165) is 24.8 Å². The first-order valence-corrected chi connectivity index (χ1v) is 7.43. The van der Waals surface area contributed by atoms with Gasteiger partial charge in [0, 0.05) is 18.4 Å². The molecule has 1 fully saturated rings. The summed E-state index contributed by atoms with van der Waals surface area (Å²) < 4.78 is 0. The third-order valence-electron chi connectivity index (χ3n) is 4.28. The molecule has 1 aromatic heterocycles. The topological polar surface area (TPSA) is 24.9 Å². The van der Waals surface area contributed by atoms with Crippen LogP contribution >= 0.6 is 0 Å². The van der Waals surface area contributed by atoms with E-state index in [1.54, 1.807) is 0 Å². The van der Waals surface area contributed by atoms with Crippen molar-refractivity contribution in [1.82, 2.24) is 10.3 Å². The normalized spacial score (nSPS) is 25.2. The van der Waals surface area contributed by atoms with Gasteiger partial charge in [0.2, 0.25) is 0 Å². The van der Waals surface area contributed by atoms with Crippen LogP contribution in [0.25, 0.3) is 0 Å². The molecule has 0 amide bonds. The summed E-state index contributed by atoms with van der Waals surface area (Å²) in [7, 11) is 0. The van der Waals surface area contributed by atoms with Gasteiger partial charge >= 0.3 is 0 Å². The minimum Gasteiger partial charge on any atom is -0.313 e. The molecule has 3 atom stereocenters. The molecule has 1 N–H and O–H groups in total. The van der Waals surface area contributed by atoms with Crippen molar-refractivity contribution in [3.63, 3.8) is 0 Å². The van der Waals surface area contributed by atoms with E-state index in [4.69, 9.17) is 0 Å². The molecule has 2 rings (SSSR count). The van der Waals surface area contributed by atoms with E-state index in [1.807, 2.05) is 18.5 Å². The zero-order chi connectivity index (χ0) is 12.8. The Labute approximate surface area is 111 Å². The second-order valence-electron chi connectivity index (χ2n) is 5.70. The van der Waals surface area contributed by atoms with Gasteiger partial charge in [0.1, 0.15) is 0 Å². The van der Waals surface area contributed by atoms with Gasteiger partial charge in [-0.1, -0.05) is 32.8 Å². The molecule has 0 spiro atoms. The Hall–Kier alpha value is -0.890. The van der Waals surface area contributed by atoms with Crippen LogP contribution in [0.5, 0.6) is 0 Å².